The van der Waals surface area contributed by atoms with Crippen LogP contribution in [-0.4, -0.2) is 29.0 Å². The Hall–Kier alpha value is -2.80. The molecule has 1 amide bonds. The number of hydrogen-bond acceptors (Lipinski definition) is 6. The molecule has 0 aliphatic heterocycles. The molecule has 0 atom stereocenters. The number of nitrogens with zero attached hydrogens (tertiary/aromatic N) is 3. The maximum Gasteiger partial charge on any atom is 0.287 e. The normalized spacial score (nSPS) is 10.8. The number of rotatable bonds is 10. The van der Waals surface area contributed by atoms with Gasteiger partial charge in [0.2, 0.25) is 0 Å². The first-order valence-electron chi connectivity index (χ1n) is 10.3. The van der Waals surface area contributed by atoms with Crippen molar-refractivity contribution in [3.63, 3.8) is 0 Å². The van der Waals surface area contributed by atoms with E-state index in [1.807, 2.05) is 36.4 Å². The molecule has 30 heavy (non-hydrogen) atoms. The first kappa shape index (κ1) is 21.9. The summed E-state index contributed by atoms with van der Waals surface area (Å²) in [6.07, 6.45) is 0.858. The fraction of sp³-hybridized carbons (Fsp3) is 0.348. The Morgan fingerprint density at radius 2 is 1.83 bits per heavy atom. The standard InChI is InChI=1S/C23H28N4O2S/c1-4-18-14-21(27(5-2)6-3)26-23(25-18)30-16-19-12-13-20(29-19)22(28)24-15-17-10-8-7-9-11-17/h7-14H,4-6,15-16H2,1-3H3,(H,24,28). The SMILES string of the molecule is CCc1cc(N(CC)CC)nc(SCc2ccc(C(=O)NCc3ccccc3)o2)n1. The van der Waals surface area contributed by atoms with Crippen molar-refractivity contribution in [2.24, 2.45) is 0 Å². The van der Waals surface area contributed by atoms with E-state index < -0.39 is 0 Å². The third-order valence-electron chi connectivity index (χ3n) is 4.72. The van der Waals surface area contributed by atoms with Crippen LogP contribution in [0.4, 0.5) is 5.82 Å². The highest BCUT2D eigenvalue weighted by atomic mass is 32.2. The summed E-state index contributed by atoms with van der Waals surface area (Å²) in [6.45, 7) is 8.61. The maximum absolute atomic E-state index is 12.3. The number of carbonyl (C=O) groups is 1. The highest BCUT2D eigenvalue weighted by Gasteiger charge is 2.13. The van der Waals surface area contributed by atoms with Gasteiger partial charge in [-0.2, -0.15) is 0 Å². The molecule has 2 aromatic heterocycles. The van der Waals surface area contributed by atoms with Gasteiger partial charge in [0.15, 0.2) is 10.9 Å². The summed E-state index contributed by atoms with van der Waals surface area (Å²) in [5.74, 6) is 2.34. The first-order valence-corrected chi connectivity index (χ1v) is 11.3. The third-order valence-corrected chi connectivity index (χ3v) is 5.59. The Kier molecular flexibility index (Phi) is 7.90. The highest BCUT2D eigenvalue weighted by Crippen LogP contribution is 2.24. The molecule has 7 heteroatoms. The Labute approximate surface area is 182 Å². The fourth-order valence-corrected chi connectivity index (χ4v) is 3.76. The van der Waals surface area contributed by atoms with E-state index in [9.17, 15) is 4.79 Å². The van der Waals surface area contributed by atoms with Crippen molar-refractivity contribution in [3.05, 3.63) is 71.3 Å². The van der Waals surface area contributed by atoms with Gasteiger partial charge in [0, 0.05) is 31.4 Å². The van der Waals surface area contributed by atoms with E-state index in [0.717, 1.165) is 47.5 Å². The van der Waals surface area contributed by atoms with Gasteiger partial charge in [-0.15, -0.1) is 0 Å². The van der Waals surface area contributed by atoms with Crippen LogP contribution >= 0.6 is 11.8 Å². The highest BCUT2D eigenvalue weighted by molar-refractivity contribution is 7.98. The lowest BCUT2D eigenvalue weighted by molar-refractivity contribution is 0.0922. The van der Waals surface area contributed by atoms with Gasteiger partial charge in [-0.05, 0) is 38.0 Å². The Bertz CT molecular complexity index is 955. The van der Waals surface area contributed by atoms with Crippen molar-refractivity contribution in [3.8, 4) is 0 Å². The summed E-state index contributed by atoms with van der Waals surface area (Å²) < 4.78 is 5.73. The van der Waals surface area contributed by atoms with Crippen LogP contribution in [0, 0.1) is 0 Å². The molecule has 0 spiro atoms. The number of aryl methyl sites for hydroxylation is 1. The van der Waals surface area contributed by atoms with Crippen molar-refractivity contribution >= 4 is 23.5 Å². The Balaban J connectivity index is 1.61. The summed E-state index contributed by atoms with van der Waals surface area (Å²) in [5, 5.41) is 3.61. The minimum Gasteiger partial charge on any atom is -0.455 e. The van der Waals surface area contributed by atoms with Gasteiger partial charge in [-0.3, -0.25) is 4.79 Å². The molecule has 3 aromatic rings. The maximum atomic E-state index is 12.3. The molecule has 0 aliphatic rings. The van der Waals surface area contributed by atoms with Crippen molar-refractivity contribution in [2.75, 3.05) is 18.0 Å². The van der Waals surface area contributed by atoms with Crippen LogP contribution in [0.25, 0.3) is 0 Å². The third kappa shape index (κ3) is 5.86. The summed E-state index contributed by atoms with van der Waals surface area (Å²) in [6, 6.07) is 15.4. The zero-order chi connectivity index (χ0) is 21.3. The van der Waals surface area contributed by atoms with Crippen LogP contribution in [0.15, 0.2) is 58.1 Å². The molecule has 0 fully saturated rings. The van der Waals surface area contributed by atoms with E-state index >= 15 is 0 Å². The molecule has 0 unspecified atom stereocenters. The first-order chi connectivity index (χ1) is 14.6. The molecule has 0 bridgehead atoms. The minimum atomic E-state index is -0.219. The zero-order valence-corrected chi connectivity index (χ0v) is 18.5. The average molecular weight is 425 g/mol. The number of nitrogens with one attached hydrogen (secondary N) is 1. The lowest BCUT2D eigenvalue weighted by Crippen LogP contribution is -2.23. The van der Waals surface area contributed by atoms with Gasteiger partial charge >= 0.3 is 0 Å². The summed E-state index contributed by atoms with van der Waals surface area (Å²) in [4.78, 5) is 23.9. The lowest BCUT2D eigenvalue weighted by atomic mass is 10.2. The van der Waals surface area contributed by atoms with Gasteiger partial charge in [-0.25, -0.2) is 9.97 Å². The van der Waals surface area contributed by atoms with Crippen molar-refractivity contribution in [1.82, 2.24) is 15.3 Å². The number of amides is 1. The van der Waals surface area contributed by atoms with Crippen molar-refractivity contribution in [1.29, 1.82) is 0 Å². The summed E-state index contributed by atoms with van der Waals surface area (Å²) in [7, 11) is 0. The molecule has 0 aliphatic carbocycles. The molecule has 158 valence electrons. The predicted octanol–water partition coefficient (Wildman–Crippen LogP) is 4.70. The van der Waals surface area contributed by atoms with E-state index in [1.165, 1.54) is 11.8 Å². The smallest absolute Gasteiger partial charge is 0.287 e. The predicted molar refractivity (Wildman–Crippen MR) is 121 cm³/mol. The monoisotopic (exact) mass is 424 g/mol. The molecular formula is C23H28N4O2S. The number of furan rings is 1. The number of carbonyl (C=O) groups excluding carboxylic acids is 1. The fourth-order valence-electron chi connectivity index (χ4n) is 2.99. The zero-order valence-electron chi connectivity index (χ0n) is 17.7. The second-order valence-electron chi connectivity index (χ2n) is 6.75. The minimum absolute atomic E-state index is 0.219. The van der Waals surface area contributed by atoms with E-state index in [2.05, 4.69) is 42.0 Å². The van der Waals surface area contributed by atoms with Gasteiger partial charge < -0.3 is 14.6 Å². The molecule has 1 aromatic carbocycles. The van der Waals surface area contributed by atoms with Crippen LogP contribution in [0.2, 0.25) is 0 Å². The van der Waals surface area contributed by atoms with E-state index in [0.29, 0.717) is 18.1 Å². The second-order valence-corrected chi connectivity index (χ2v) is 7.69. The van der Waals surface area contributed by atoms with E-state index in [4.69, 9.17) is 9.40 Å². The lowest BCUT2D eigenvalue weighted by Gasteiger charge is -2.20. The van der Waals surface area contributed by atoms with Gasteiger partial charge in [0.05, 0.1) is 5.75 Å². The summed E-state index contributed by atoms with van der Waals surface area (Å²) >= 11 is 1.52. The Morgan fingerprint density at radius 3 is 2.53 bits per heavy atom. The number of thioether (sulfide) groups is 1. The van der Waals surface area contributed by atoms with Crippen LogP contribution in [0.1, 0.15) is 48.3 Å². The molecule has 0 saturated heterocycles. The molecule has 1 N–H and O–H groups in total. The van der Waals surface area contributed by atoms with E-state index in [-0.39, 0.29) is 5.91 Å². The van der Waals surface area contributed by atoms with Crippen LogP contribution in [0.5, 0.6) is 0 Å². The van der Waals surface area contributed by atoms with Crippen LogP contribution in [0.3, 0.4) is 0 Å². The molecule has 6 nitrogen and oxygen atoms in total. The quantitative estimate of drug-likeness (QED) is 0.376. The van der Waals surface area contributed by atoms with Crippen LogP contribution < -0.4 is 10.2 Å². The molecule has 3 rings (SSSR count). The molecule has 2 heterocycles. The van der Waals surface area contributed by atoms with Gasteiger partial charge in [0.25, 0.3) is 5.91 Å². The average Bonchev–Trinajstić information content (AvgIpc) is 3.27. The Morgan fingerprint density at radius 1 is 1.07 bits per heavy atom. The van der Waals surface area contributed by atoms with E-state index in [1.54, 1.807) is 6.07 Å². The number of benzene rings is 1. The topological polar surface area (TPSA) is 71.3 Å². The largest absolute Gasteiger partial charge is 0.455 e. The van der Waals surface area contributed by atoms with Gasteiger partial charge in [-0.1, -0.05) is 49.0 Å². The molecule has 0 saturated carbocycles. The van der Waals surface area contributed by atoms with Crippen molar-refractivity contribution in [2.45, 2.75) is 44.6 Å². The van der Waals surface area contributed by atoms with Crippen molar-refractivity contribution < 1.29 is 9.21 Å². The number of hydrogen-bond donors (Lipinski definition) is 1. The molecular weight excluding hydrogens is 396 g/mol. The van der Waals surface area contributed by atoms with Crippen LogP contribution in [-0.2, 0) is 18.7 Å². The number of aromatic nitrogens is 2. The second kappa shape index (κ2) is 10.8. The number of anilines is 1. The summed E-state index contributed by atoms with van der Waals surface area (Å²) in [5.41, 5.74) is 2.07. The molecule has 0 radical (unpaired) electrons. The van der Waals surface area contributed by atoms with Gasteiger partial charge in [0.1, 0.15) is 11.6 Å².